The fourth-order valence-corrected chi connectivity index (χ4v) is 2.91. The normalized spacial score (nSPS) is 21.3. The third-order valence-corrected chi connectivity index (χ3v) is 3.58. The first-order valence-corrected chi connectivity index (χ1v) is 5.87. The molecule has 0 spiro atoms. The summed E-state index contributed by atoms with van der Waals surface area (Å²) in [6.07, 6.45) is -0.527. The van der Waals surface area contributed by atoms with Gasteiger partial charge in [0.2, 0.25) is 0 Å². The van der Waals surface area contributed by atoms with Crippen LogP contribution in [0.15, 0.2) is 16.6 Å². The zero-order chi connectivity index (χ0) is 9.42. The van der Waals surface area contributed by atoms with Crippen LogP contribution in [-0.4, -0.2) is 10.9 Å². The van der Waals surface area contributed by atoms with E-state index in [-0.39, 0.29) is 5.82 Å². The first-order chi connectivity index (χ1) is 6.18. The number of aliphatic hydroxyl groups is 1. The molecule has 1 nitrogen and oxygen atoms in total. The van der Waals surface area contributed by atoms with E-state index in [4.69, 9.17) is 0 Å². The second-order valence-corrected chi connectivity index (χ2v) is 4.93. The fraction of sp³-hybridized carbons (Fsp3) is 0.333. The molecule has 1 aromatic rings. The van der Waals surface area contributed by atoms with Crippen molar-refractivity contribution >= 4 is 27.7 Å². The van der Waals surface area contributed by atoms with Gasteiger partial charge < -0.3 is 5.11 Å². The SMILES string of the molecule is O[C@H]1CSCc2c(F)cc(Br)cc21. The molecule has 0 bridgehead atoms. The molecule has 0 aromatic heterocycles. The molecule has 0 saturated heterocycles. The molecule has 0 amide bonds. The van der Waals surface area contributed by atoms with Gasteiger partial charge in [-0.3, -0.25) is 0 Å². The Kier molecular flexibility index (Phi) is 2.62. The average molecular weight is 263 g/mol. The molecule has 1 atom stereocenters. The molecule has 1 heterocycles. The van der Waals surface area contributed by atoms with Crippen LogP contribution in [0.2, 0.25) is 0 Å². The van der Waals surface area contributed by atoms with Crippen molar-refractivity contribution in [2.45, 2.75) is 11.9 Å². The molecule has 0 aliphatic carbocycles. The van der Waals surface area contributed by atoms with E-state index in [0.717, 1.165) is 5.56 Å². The molecule has 1 aromatic carbocycles. The highest BCUT2D eigenvalue weighted by Gasteiger charge is 2.21. The van der Waals surface area contributed by atoms with Crippen molar-refractivity contribution in [2.24, 2.45) is 0 Å². The summed E-state index contributed by atoms with van der Waals surface area (Å²) >= 11 is 4.77. The van der Waals surface area contributed by atoms with Crippen LogP contribution in [-0.2, 0) is 5.75 Å². The van der Waals surface area contributed by atoms with E-state index in [0.29, 0.717) is 21.5 Å². The maximum Gasteiger partial charge on any atom is 0.128 e. The van der Waals surface area contributed by atoms with Gasteiger partial charge in [0.05, 0.1) is 6.10 Å². The Bertz CT molecular complexity index is 343. The van der Waals surface area contributed by atoms with Crippen LogP contribution in [0.3, 0.4) is 0 Å². The van der Waals surface area contributed by atoms with Crippen LogP contribution < -0.4 is 0 Å². The summed E-state index contributed by atoms with van der Waals surface area (Å²) in [4.78, 5) is 0. The van der Waals surface area contributed by atoms with E-state index < -0.39 is 6.10 Å². The quantitative estimate of drug-likeness (QED) is 0.776. The number of hydrogen-bond acceptors (Lipinski definition) is 2. The van der Waals surface area contributed by atoms with Crippen LogP contribution >= 0.6 is 27.7 Å². The van der Waals surface area contributed by atoms with Crippen molar-refractivity contribution in [3.63, 3.8) is 0 Å². The van der Waals surface area contributed by atoms with Gasteiger partial charge in [-0.2, -0.15) is 11.8 Å². The van der Waals surface area contributed by atoms with Crippen molar-refractivity contribution in [2.75, 3.05) is 5.75 Å². The lowest BCUT2D eigenvalue weighted by molar-refractivity contribution is 0.201. The predicted octanol–water partition coefficient (Wildman–Crippen LogP) is 2.87. The lowest BCUT2D eigenvalue weighted by atomic mass is 10.0. The van der Waals surface area contributed by atoms with E-state index in [1.165, 1.54) is 6.07 Å². The maximum atomic E-state index is 13.4. The number of fused-ring (bicyclic) bond motifs is 1. The van der Waals surface area contributed by atoms with E-state index in [1.54, 1.807) is 17.8 Å². The summed E-state index contributed by atoms with van der Waals surface area (Å²) in [6, 6.07) is 3.24. The van der Waals surface area contributed by atoms with Gasteiger partial charge in [0.1, 0.15) is 5.82 Å². The Hall–Kier alpha value is -0.0600. The van der Waals surface area contributed by atoms with Gasteiger partial charge in [-0.25, -0.2) is 4.39 Å². The molecule has 1 aliphatic rings. The zero-order valence-corrected chi connectivity index (χ0v) is 9.16. The Labute approximate surface area is 88.5 Å². The van der Waals surface area contributed by atoms with Gasteiger partial charge >= 0.3 is 0 Å². The summed E-state index contributed by atoms with van der Waals surface area (Å²) in [5.74, 6) is 1.09. The third-order valence-electron chi connectivity index (χ3n) is 2.08. The van der Waals surface area contributed by atoms with Gasteiger partial charge in [-0.15, -0.1) is 0 Å². The number of rotatable bonds is 0. The first kappa shape index (κ1) is 9.49. The molecule has 1 aliphatic heterocycles. The molecule has 0 saturated carbocycles. The van der Waals surface area contributed by atoms with Gasteiger partial charge in [-0.1, -0.05) is 15.9 Å². The minimum atomic E-state index is -0.527. The largest absolute Gasteiger partial charge is 0.388 e. The number of benzene rings is 1. The number of halogens is 2. The molecule has 4 heteroatoms. The molecule has 0 radical (unpaired) electrons. The number of aliphatic hydroxyl groups excluding tert-OH is 1. The highest BCUT2D eigenvalue weighted by Crippen LogP contribution is 2.34. The third kappa shape index (κ3) is 1.75. The average Bonchev–Trinajstić information content (AvgIpc) is 2.07. The van der Waals surface area contributed by atoms with E-state index >= 15 is 0 Å². The number of hydrogen-bond donors (Lipinski definition) is 1. The highest BCUT2D eigenvalue weighted by atomic mass is 79.9. The predicted molar refractivity (Wildman–Crippen MR) is 55.2 cm³/mol. The molecule has 1 N–H and O–H groups in total. The van der Waals surface area contributed by atoms with Gasteiger partial charge in [0, 0.05) is 21.5 Å². The number of thioether (sulfide) groups is 1. The van der Waals surface area contributed by atoms with Crippen LogP contribution in [0.5, 0.6) is 0 Å². The first-order valence-electron chi connectivity index (χ1n) is 3.92. The highest BCUT2D eigenvalue weighted by molar-refractivity contribution is 9.10. The van der Waals surface area contributed by atoms with Crippen molar-refractivity contribution in [3.8, 4) is 0 Å². The second kappa shape index (κ2) is 3.59. The standard InChI is InChI=1S/C9H8BrFOS/c10-5-1-6-7(8(11)2-5)3-13-4-9(6)12/h1-2,9,12H,3-4H2/t9-/m0/s1. The summed E-state index contributed by atoms with van der Waals surface area (Å²) in [7, 11) is 0. The van der Waals surface area contributed by atoms with E-state index in [1.807, 2.05) is 0 Å². The minimum absolute atomic E-state index is 0.226. The van der Waals surface area contributed by atoms with Crippen LogP contribution in [0.4, 0.5) is 4.39 Å². The Morgan fingerprint density at radius 3 is 3.08 bits per heavy atom. The molecular weight excluding hydrogens is 255 g/mol. The van der Waals surface area contributed by atoms with Gasteiger partial charge in [0.15, 0.2) is 0 Å². The van der Waals surface area contributed by atoms with Crippen molar-refractivity contribution in [1.82, 2.24) is 0 Å². The molecule has 0 fully saturated rings. The van der Waals surface area contributed by atoms with E-state index in [9.17, 15) is 9.50 Å². The van der Waals surface area contributed by atoms with Crippen LogP contribution in [0, 0.1) is 5.82 Å². The molecular formula is C9H8BrFOS. The lowest BCUT2D eigenvalue weighted by Gasteiger charge is -2.21. The maximum absolute atomic E-state index is 13.4. The summed E-state index contributed by atoms with van der Waals surface area (Å²) < 4.78 is 14.0. The molecule has 0 unspecified atom stereocenters. The Morgan fingerprint density at radius 2 is 2.31 bits per heavy atom. The topological polar surface area (TPSA) is 20.2 Å². The summed E-state index contributed by atoms with van der Waals surface area (Å²) in [6.45, 7) is 0. The van der Waals surface area contributed by atoms with Crippen LogP contribution in [0.25, 0.3) is 0 Å². The van der Waals surface area contributed by atoms with Crippen molar-refractivity contribution < 1.29 is 9.50 Å². The molecule has 2 rings (SSSR count). The van der Waals surface area contributed by atoms with Gasteiger partial charge in [-0.05, 0) is 17.7 Å². The Balaban J connectivity index is 2.56. The smallest absolute Gasteiger partial charge is 0.128 e. The lowest BCUT2D eigenvalue weighted by Crippen LogP contribution is -2.11. The zero-order valence-electron chi connectivity index (χ0n) is 6.76. The van der Waals surface area contributed by atoms with Crippen molar-refractivity contribution in [1.29, 1.82) is 0 Å². The van der Waals surface area contributed by atoms with Crippen LogP contribution in [0.1, 0.15) is 17.2 Å². The summed E-state index contributed by atoms with van der Waals surface area (Å²) in [5, 5.41) is 9.60. The Morgan fingerprint density at radius 1 is 1.54 bits per heavy atom. The van der Waals surface area contributed by atoms with Crippen molar-refractivity contribution in [3.05, 3.63) is 33.5 Å². The molecule has 13 heavy (non-hydrogen) atoms. The summed E-state index contributed by atoms with van der Waals surface area (Å²) in [5.41, 5.74) is 1.37. The molecule has 70 valence electrons. The minimum Gasteiger partial charge on any atom is -0.388 e. The van der Waals surface area contributed by atoms with E-state index in [2.05, 4.69) is 15.9 Å². The fourth-order valence-electron chi connectivity index (χ4n) is 1.44. The second-order valence-electron chi connectivity index (χ2n) is 2.99. The monoisotopic (exact) mass is 262 g/mol. The van der Waals surface area contributed by atoms with Gasteiger partial charge in [0.25, 0.3) is 0 Å².